The predicted octanol–water partition coefficient (Wildman–Crippen LogP) is 0.433. The van der Waals surface area contributed by atoms with Crippen LogP contribution in [0, 0.1) is 10.1 Å². The van der Waals surface area contributed by atoms with E-state index in [1.165, 1.54) is 0 Å². The molecule has 0 bridgehead atoms. The second-order valence-corrected chi connectivity index (χ2v) is 5.34. The molecule has 9 heteroatoms. The van der Waals surface area contributed by atoms with Crippen LogP contribution in [0.4, 0.5) is 5.69 Å². The second-order valence-electron chi connectivity index (χ2n) is 3.36. The van der Waals surface area contributed by atoms with Crippen molar-refractivity contribution in [3.63, 3.8) is 0 Å². The Labute approximate surface area is 93.9 Å². The molecule has 0 aliphatic heterocycles. The molecular weight excluding hydrogens is 252 g/mol. The van der Waals surface area contributed by atoms with E-state index in [1.54, 1.807) is 0 Å². The van der Waals surface area contributed by atoms with Gasteiger partial charge in [0.1, 0.15) is 4.90 Å². The quantitative estimate of drug-likeness (QED) is 0.615. The summed E-state index contributed by atoms with van der Waals surface area (Å²) in [5.74, 6) is -0.806. The molecule has 1 aromatic carbocycles. The zero-order chi connectivity index (χ0) is 12.8. The third-order valence-corrected chi connectivity index (χ3v) is 3.22. The van der Waals surface area contributed by atoms with Crippen LogP contribution in [0.2, 0.25) is 0 Å². The van der Waals surface area contributed by atoms with Crippen molar-refractivity contribution in [2.24, 2.45) is 0 Å². The number of nitrogens with zero attached hydrogens (tertiary/aromatic N) is 1. The smallest absolute Gasteiger partial charge is 0.408 e. The number of benzene rings is 1. The maximum absolute atomic E-state index is 11.4. The van der Waals surface area contributed by atoms with Crippen LogP contribution < -0.4 is 5.76 Å². The first-order valence-corrected chi connectivity index (χ1v) is 6.19. The molecule has 0 spiro atoms. The highest BCUT2D eigenvalue weighted by Gasteiger charge is 2.24. The average Bonchev–Trinajstić information content (AvgIpc) is 2.53. The Morgan fingerprint density at radius 2 is 2.06 bits per heavy atom. The zero-order valence-corrected chi connectivity index (χ0v) is 9.28. The fraction of sp³-hybridized carbons (Fsp3) is 0.125. The Hall–Kier alpha value is -2.16. The Kier molecular flexibility index (Phi) is 2.28. The summed E-state index contributed by atoms with van der Waals surface area (Å²) < 4.78 is 27.4. The number of nitro benzene ring substituents is 1. The summed E-state index contributed by atoms with van der Waals surface area (Å²) in [6, 6.07) is 1.91. The molecule has 0 saturated heterocycles. The fourth-order valence-corrected chi connectivity index (χ4v) is 2.25. The second kappa shape index (κ2) is 3.42. The Bertz CT molecular complexity index is 769. The molecule has 0 amide bonds. The third-order valence-electron chi connectivity index (χ3n) is 2.10. The molecule has 0 aliphatic rings. The van der Waals surface area contributed by atoms with Crippen LogP contribution in [0.25, 0.3) is 11.1 Å². The predicted molar refractivity (Wildman–Crippen MR) is 56.6 cm³/mol. The van der Waals surface area contributed by atoms with Gasteiger partial charge in [-0.05, 0) is 6.07 Å². The number of hydrogen-bond donors (Lipinski definition) is 1. The van der Waals surface area contributed by atoms with Gasteiger partial charge in [0.2, 0.25) is 0 Å². The van der Waals surface area contributed by atoms with E-state index in [0.717, 1.165) is 18.4 Å². The van der Waals surface area contributed by atoms with E-state index in [-0.39, 0.29) is 11.1 Å². The van der Waals surface area contributed by atoms with E-state index >= 15 is 0 Å². The number of sulfone groups is 1. The van der Waals surface area contributed by atoms with Gasteiger partial charge in [-0.3, -0.25) is 15.1 Å². The van der Waals surface area contributed by atoms with Gasteiger partial charge in [-0.15, -0.1) is 0 Å². The SMILES string of the molecule is CS(=O)(=O)c1cc2[nH]c(=O)oc2cc1[N+](=O)[O-]. The van der Waals surface area contributed by atoms with Crippen molar-refractivity contribution < 1.29 is 17.8 Å². The summed E-state index contributed by atoms with van der Waals surface area (Å²) >= 11 is 0. The topological polar surface area (TPSA) is 123 Å². The molecule has 1 heterocycles. The van der Waals surface area contributed by atoms with E-state index in [9.17, 15) is 23.3 Å². The zero-order valence-electron chi connectivity index (χ0n) is 8.46. The molecule has 90 valence electrons. The minimum absolute atomic E-state index is 0.0610. The standard InChI is InChI=1S/C8H6N2O6S/c1-17(14,15)7-2-4-6(16-8(11)9-4)3-5(7)10(12)13/h2-3H,1H3,(H,9,11). The highest BCUT2D eigenvalue weighted by Crippen LogP contribution is 2.27. The molecule has 0 atom stereocenters. The number of oxazole rings is 1. The van der Waals surface area contributed by atoms with Gasteiger partial charge in [-0.2, -0.15) is 0 Å². The number of nitro groups is 1. The van der Waals surface area contributed by atoms with Crippen LogP contribution in [-0.4, -0.2) is 24.6 Å². The molecule has 0 aliphatic carbocycles. The molecule has 0 radical (unpaired) electrons. The van der Waals surface area contributed by atoms with Crippen molar-refractivity contribution >= 4 is 26.6 Å². The molecular formula is C8H6N2O6S. The van der Waals surface area contributed by atoms with Gasteiger partial charge in [-0.1, -0.05) is 0 Å². The average molecular weight is 258 g/mol. The Balaban J connectivity index is 2.94. The maximum atomic E-state index is 11.4. The van der Waals surface area contributed by atoms with Gasteiger partial charge >= 0.3 is 5.76 Å². The largest absolute Gasteiger partial charge is 0.417 e. The van der Waals surface area contributed by atoms with Crippen molar-refractivity contribution in [2.45, 2.75) is 4.90 Å². The lowest BCUT2D eigenvalue weighted by Gasteiger charge is -1.99. The van der Waals surface area contributed by atoms with Gasteiger partial charge in [0.15, 0.2) is 15.4 Å². The lowest BCUT2D eigenvalue weighted by Crippen LogP contribution is -2.02. The summed E-state index contributed by atoms with van der Waals surface area (Å²) in [5.41, 5.74) is -0.585. The first-order valence-electron chi connectivity index (χ1n) is 4.30. The minimum atomic E-state index is -3.77. The van der Waals surface area contributed by atoms with Gasteiger partial charge < -0.3 is 4.42 Å². The van der Waals surface area contributed by atoms with Crippen LogP contribution >= 0.6 is 0 Å². The molecule has 8 nitrogen and oxygen atoms in total. The van der Waals surface area contributed by atoms with Gasteiger partial charge in [0.25, 0.3) is 5.69 Å². The van der Waals surface area contributed by atoms with E-state index in [1.807, 2.05) is 0 Å². The molecule has 1 N–H and O–H groups in total. The van der Waals surface area contributed by atoms with Gasteiger partial charge in [0, 0.05) is 6.26 Å². The number of H-pyrrole nitrogens is 1. The molecule has 0 unspecified atom stereocenters. The number of aromatic nitrogens is 1. The van der Waals surface area contributed by atoms with Crippen LogP contribution in [-0.2, 0) is 9.84 Å². The van der Waals surface area contributed by atoms with Crippen LogP contribution in [0.3, 0.4) is 0 Å². The lowest BCUT2D eigenvalue weighted by atomic mass is 10.3. The maximum Gasteiger partial charge on any atom is 0.417 e. The first-order chi connectivity index (χ1) is 7.79. The van der Waals surface area contributed by atoms with Crippen LogP contribution in [0.5, 0.6) is 0 Å². The molecule has 0 fully saturated rings. The van der Waals surface area contributed by atoms with Crippen molar-refractivity contribution in [3.05, 3.63) is 32.8 Å². The van der Waals surface area contributed by atoms with Crippen molar-refractivity contribution in [1.29, 1.82) is 0 Å². The van der Waals surface area contributed by atoms with E-state index in [4.69, 9.17) is 0 Å². The van der Waals surface area contributed by atoms with E-state index in [0.29, 0.717) is 0 Å². The number of rotatable bonds is 2. The van der Waals surface area contributed by atoms with Crippen molar-refractivity contribution in [1.82, 2.24) is 4.98 Å². The number of nitrogens with one attached hydrogen (secondary N) is 1. The summed E-state index contributed by atoms with van der Waals surface area (Å²) in [6.45, 7) is 0. The van der Waals surface area contributed by atoms with Gasteiger partial charge in [-0.25, -0.2) is 13.2 Å². The summed E-state index contributed by atoms with van der Waals surface area (Å²) in [7, 11) is -3.77. The molecule has 0 saturated carbocycles. The monoisotopic (exact) mass is 258 g/mol. The van der Waals surface area contributed by atoms with Crippen molar-refractivity contribution in [2.75, 3.05) is 6.26 Å². The lowest BCUT2D eigenvalue weighted by molar-refractivity contribution is -0.387. The molecule has 2 rings (SSSR count). The highest BCUT2D eigenvalue weighted by molar-refractivity contribution is 7.90. The minimum Gasteiger partial charge on any atom is -0.408 e. The van der Waals surface area contributed by atoms with Crippen molar-refractivity contribution in [3.8, 4) is 0 Å². The molecule has 1 aromatic heterocycles. The third kappa shape index (κ3) is 1.91. The van der Waals surface area contributed by atoms with Crippen LogP contribution in [0.15, 0.2) is 26.2 Å². The van der Waals surface area contributed by atoms with E-state index in [2.05, 4.69) is 9.40 Å². The molecule has 2 aromatic rings. The number of aromatic amines is 1. The molecule has 17 heavy (non-hydrogen) atoms. The van der Waals surface area contributed by atoms with Crippen LogP contribution in [0.1, 0.15) is 0 Å². The normalized spacial score (nSPS) is 11.8. The van der Waals surface area contributed by atoms with E-state index < -0.39 is 31.1 Å². The number of hydrogen-bond acceptors (Lipinski definition) is 6. The summed E-state index contributed by atoms with van der Waals surface area (Å²) in [5, 5.41) is 10.7. The summed E-state index contributed by atoms with van der Waals surface area (Å²) in [4.78, 5) is 22.5. The summed E-state index contributed by atoms with van der Waals surface area (Å²) in [6.07, 6.45) is 0.847. The first kappa shape index (κ1) is 11.3. The highest BCUT2D eigenvalue weighted by atomic mass is 32.2. The Morgan fingerprint density at radius 1 is 1.41 bits per heavy atom. The Morgan fingerprint density at radius 3 is 2.59 bits per heavy atom. The fourth-order valence-electron chi connectivity index (χ4n) is 1.41. The number of fused-ring (bicyclic) bond motifs is 1. The van der Waals surface area contributed by atoms with Gasteiger partial charge in [0.05, 0.1) is 16.5 Å².